The molecule has 0 aliphatic heterocycles. The summed E-state index contributed by atoms with van der Waals surface area (Å²) in [5.41, 5.74) is 1.36. The predicted molar refractivity (Wildman–Crippen MR) is 47.4 cm³/mol. The Balaban J connectivity index is 2.54. The highest BCUT2D eigenvalue weighted by atomic mass is 16.3. The molecule has 64 valence electrons. The summed E-state index contributed by atoms with van der Waals surface area (Å²) in [6.45, 7) is 4.18. The van der Waals surface area contributed by atoms with Gasteiger partial charge < -0.3 is 5.11 Å². The van der Waals surface area contributed by atoms with E-state index < -0.39 is 0 Å². The van der Waals surface area contributed by atoms with E-state index in [2.05, 4.69) is 19.9 Å². The van der Waals surface area contributed by atoms with Gasteiger partial charge in [0.2, 0.25) is 0 Å². The van der Waals surface area contributed by atoms with Crippen LogP contribution in [0.4, 0.5) is 0 Å². The average molecular weight is 154 g/mol. The number of hydrogen-bond acceptors (Lipinski definition) is 1. The third-order valence-electron chi connectivity index (χ3n) is 2.77. The molecule has 1 N–H and O–H groups in total. The zero-order valence-electron chi connectivity index (χ0n) is 7.51. The van der Waals surface area contributed by atoms with Gasteiger partial charge in [-0.05, 0) is 26.7 Å². The van der Waals surface area contributed by atoms with E-state index in [1.54, 1.807) is 0 Å². The van der Waals surface area contributed by atoms with Crippen LogP contribution in [0.15, 0.2) is 11.6 Å². The highest BCUT2D eigenvalue weighted by molar-refractivity contribution is 5.05. The Morgan fingerprint density at radius 2 is 2.00 bits per heavy atom. The summed E-state index contributed by atoms with van der Waals surface area (Å²) in [6, 6.07) is 0. The van der Waals surface area contributed by atoms with Gasteiger partial charge in [-0.1, -0.05) is 24.5 Å². The molecule has 0 saturated heterocycles. The summed E-state index contributed by atoms with van der Waals surface area (Å²) < 4.78 is 0. The van der Waals surface area contributed by atoms with Crippen molar-refractivity contribution in [3.8, 4) is 0 Å². The van der Waals surface area contributed by atoms with Crippen molar-refractivity contribution in [2.75, 3.05) is 0 Å². The van der Waals surface area contributed by atoms with Crippen LogP contribution in [-0.4, -0.2) is 11.2 Å². The predicted octanol–water partition coefficient (Wildman–Crippen LogP) is 2.50. The molecule has 0 bridgehead atoms. The van der Waals surface area contributed by atoms with Crippen molar-refractivity contribution < 1.29 is 5.11 Å². The maximum Gasteiger partial charge on any atom is 0.0605 e. The summed E-state index contributed by atoms with van der Waals surface area (Å²) >= 11 is 0. The van der Waals surface area contributed by atoms with Crippen molar-refractivity contribution in [3.05, 3.63) is 11.6 Å². The minimum atomic E-state index is -0.0695. The molecule has 0 aromatic heterocycles. The summed E-state index contributed by atoms with van der Waals surface area (Å²) in [5.74, 6) is 0.453. The zero-order valence-corrected chi connectivity index (χ0v) is 7.51. The van der Waals surface area contributed by atoms with E-state index in [-0.39, 0.29) is 6.10 Å². The first-order chi connectivity index (χ1) is 5.25. The molecule has 0 heterocycles. The van der Waals surface area contributed by atoms with Gasteiger partial charge in [-0.15, -0.1) is 0 Å². The average Bonchev–Trinajstić information content (AvgIpc) is 2.04. The van der Waals surface area contributed by atoms with Gasteiger partial charge in [0.25, 0.3) is 0 Å². The van der Waals surface area contributed by atoms with Gasteiger partial charge in [-0.2, -0.15) is 0 Å². The Kier molecular flexibility index (Phi) is 3.13. The summed E-state index contributed by atoms with van der Waals surface area (Å²) in [6.07, 6.45) is 6.72. The highest BCUT2D eigenvalue weighted by Crippen LogP contribution is 2.29. The van der Waals surface area contributed by atoms with Crippen molar-refractivity contribution >= 4 is 0 Å². The lowest BCUT2D eigenvalue weighted by atomic mass is 9.82. The summed E-state index contributed by atoms with van der Waals surface area (Å²) in [5, 5.41) is 9.63. The van der Waals surface area contributed by atoms with Crippen LogP contribution in [0.1, 0.15) is 39.5 Å². The number of aliphatic hydroxyl groups is 1. The van der Waals surface area contributed by atoms with Crippen LogP contribution in [0.25, 0.3) is 0 Å². The van der Waals surface area contributed by atoms with Crippen LogP contribution in [0.3, 0.4) is 0 Å². The summed E-state index contributed by atoms with van der Waals surface area (Å²) in [7, 11) is 0. The first-order valence-corrected chi connectivity index (χ1v) is 4.56. The van der Waals surface area contributed by atoms with Crippen molar-refractivity contribution in [2.24, 2.45) is 5.92 Å². The molecule has 11 heavy (non-hydrogen) atoms. The maximum atomic E-state index is 9.63. The lowest BCUT2D eigenvalue weighted by Gasteiger charge is -2.28. The van der Waals surface area contributed by atoms with Crippen molar-refractivity contribution in [3.63, 3.8) is 0 Å². The number of allylic oxidation sites excluding steroid dienone is 1. The largest absolute Gasteiger partial charge is 0.393 e. The second-order valence-corrected chi connectivity index (χ2v) is 3.49. The van der Waals surface area contributed by atoms with E-state index in [1.165, 1.54) is 24.8 Å². The lowest BCUT2D eigenvalue weighted by molar-refractivity contribution is 0.0873. The van der Waals surface area contributed by atoms with E-state index >= 15 is 0 Å². The molecule has 1 aliphatic rings. The van der Waals surface area contributed by atoms with E-state index in [0.29, 0.717) is 5.92 Å². The van der Waals surface area contributed by atoms with Gasteiger partial charge in [-0.25, -0.2) is 0 Å². The molecule has 2 unspecified atom stereocenters. The van der Waals surface area contributed by atoms with E-state index in [4.69, 9.17) is 0 Å². The van der Waals surface area contributed by atoms with Crippen molar-refractivity contribution in [1.82, 2.24) is 0 Å². The molecule has 1 rings (SSSR count). The Bertz CT molecular complexity index is 149. The monoisotopic (exact) mass is 154 g/mol. The van der Waals surface area contributed by atoms with E-state index in [9.17, 15) is 5.11 Å². The smallest absolute Gasteiger partial charge is 0.0605 e. The molecule has 1 saturated carbocycles. The molecule has 0 radical (unpaired) electrons. The van der Waals surface area contributed by atoms with Crippen molar-refractivity contribution in [1.29, 1.82) is 0 Å². The third-order valence-corrected chi connectivity index (χ3v) is 2.77. The quantitative estimate of drug-likeness (QED) is 0.575. The Hall–Kier alpha value is -0.300. The normalized spacial score (nSPS) is 33.9. The molecule has 1 nitrogen and oxygen atoms in total. The molecule has 0 spiro atoms. The Morgan fingerprint density at radius 3 is 2.55 bits per heavy atom. The lowest BCUT2D eigenvalue weighted by Crippen LogP contribution is -2.25. The minimum absolute atomic E-state index is 0.0695. The fourth-order valence-electron chi connectivity index (χ4n) is 1.86. The van der Waals surface area contributed by atoms with Crippen LogP contribution in [-0.2, 0) is 0 Å². The molecular formula is C10H18O. The fraction of sp³-hybridized carbons (Fsp3) is 0.800. The SMILES string of the molecule is CC=C(C)C1CCCCC1O. The molecule has 0 aromatic rings. The Labute approximate surface area is 69.1 Å². The van der Waals surface area contributed by atoms with Crippen LogP contribution < -0.4 is 0 Å². The highest BCUT2D eigenvalue weighted by Gasteiger charge is 2.23. The number of aliphatic hydroxyl groups excluding tert-OH is 1. The molecular weight excluding hydrogens is 136 g/mol. The van der Waals surface area contributed by atoms with E-state index in [0.717, 1.165) is 6.42 Å². The molecule has 0 amide bonds. The van der Waals surface area contributed by atoms with Crippen LogP contribution in [0.5, 0.6) is 0 Å². The molecule has 0 aromatic carbocycles. The second-order valence-electron chi connectivity index (χ2n) is 3.49. The second kappa shape index (κ2) is 3.91. The first-order valence-electron chi connectivity index (χ1n) is 4.56. The summed E-state index contributed by atoms with van der Waals surface area (Å²) in [4.78, 5) is 0. The van der Waals surface area contributed by atoms with Gasteiger partial charge in [0, 0.05) is 5.92 Å². The maximum absolute atomic E-state index is 9.63. The van der Waals surface area contributed by atoms with Gasteiger partial charge >= 0.3 is 0 Å². The van der Waals surface area contributed by atoms with Gasteiger partial charge in [0.1, 0.15) is 0 Å². The van der Waals surface area contributed by atoms with Crippen LogP contribution in [0, 0.1) is 5.92 Å². The minimum Gasteiger partial charge on any atom is -0.393 e. The van der Waals surface area contributed by atoms with Gasteiger partial charge in [0.15, 0.2) is 0 Å². The van der Waals surface area contributed by atoms with E-state index in [1.807, 2.05) is 0 Å². The van der Waals surface area contributed by atoms with Crippen LogP contribution in [0.2, 0.25) is 0 Å². The third kappa shape index (κ3) is 2.06. The molecule has 2 atom stereocenters. The van der Waals surface area contributed by atoms with Crippen LogP contribution >= 0.6 is 0 Å². The molecule has 1 aliphatic carbocycles. The molecule has 1 heteroatoms. The topological polar surface area (TPSA) is 20.2 Å². The van der Waals surface area contributed by atoms with Gasteiger partial charge in [-0.3, -0.25) is 0 Å². The molecule has 1 fully saturated rings. The number of hydrogen-bond donors (Lipinski definition) is 1. The van der Waals surface area contributed by atoms with Crippen molar-refractivity contribution in [2.45, 2.75) is 45.6 Å². The van der Waals surface area contributed by atoms with Gasteiger partial charge in [0.05, 0.1) is 6.10 Å². The standard InChI is InChI=1S/C10H18O/c1-3-8(2)9-6-4-5-7-10(9)11/h3,9-11H,4-7H2,1-2H3. The number of rotatable bonds is 1. The Morgan fingerprint density at radius 1 is 1.36 bits per heavy atom. The first kappa shape index (κ1) is 8.79. The fourth-order valence-corrected chi connectivity index (χ4v) is 1.86. The zero-order chi connectivity index (χ0) is 8.27.